The molecule has 108 valence electrons. The lowest BCUT2D eigenvalue weighted by Crippen LogP contribution is -2.54. The number of hydrogen-bond donors (Lipinski definition) is 1. The maximum atomic E-state index is 12.0. The van der Waals surface area contributed by atoms with Gasteiger partial charge in [-0.15, -0.1) is 0 Å². The highest BCUT2D eigenvalue weighted by Crippen LogP contribution is 2.22. The van der Waals surface area contributed by atoms with Gasteiger partial charge in [0.15, 0.2) is 8.68 Å². The highest BCUT2D eigenvalue weighted by molar-refractivity contribution is 7.91. The molecule has 1 aliphatic heterocycles. The van der Waals surface area contributed by atoms with Crippen LogP contribution in [-0.4, -0.2) is 69.5 Å². The summed E-state index contributed by atoms with van der Waals surface area (Å²) in [5, 5.41) is 0. The molecule has 19 heavy (non-hydrogen) atoms. The van der Waals surface area contributed by atoms with E-state index >= 15 is 0 Å². The van der Waals surface area contributed by atoms with E-state index < -0.39 is 10.0 Å². The number of likely N-dealkylation sites (N-methyl/N-ethyl adjacent to an activating group) is 2. The SMILES string of the molecule is CN1CCN(C)C(CNS(=O)(=O)c2cnc(Cl)s2)C1. The van der Waals surface area contributed by atoms with E-state index in [1.165, 1.54) is 6.20 Å². The summed E-state index contributed by atoms with van der Waals surface area (Å²) in [7, 11) is 0.545. The molecule has 6 nitrogen and oxygen atoms in total. The molecule has 2 rings (SSSR count). The van der Waals surface area contributed by atoms with Gasteiger partial charge in [0.25, 0.3) is 10.0 Å². The van der Waals surface area contributed by atoms with Crippen LogP contribution < -0.4 is 4.72 Å². The Labute approximate surface area is 122 Å². The van der Waals surface area contributed by atoms with Crippen molar-refractivity contribution in [3.63, 3.8) is 0 Å². The van der Waals surface area contributed by atoms with E-state index in [-0.39, 0.29) is 14.7 Å². The van der Waals surface area contributed by atoms with Crippen molar-refractivity contribution in [2.75, 3.05) is 40.3 Å². The summed E-state index contributed by atoms with van der Waals surface area (Å²) in [5.74, 6) is 0. The van der Waals surface area contributed by atoms with Crippen molar-refractivity contribution in [1.29, 1.82) is 0 Å². The molecule has 0 aromatic carbocycles. The lowest BCUT2D eigenvalue weighted by Gasteiger charge is -2.37. The first-order valence-electron chi connectivity index (χ1n) is 5.88. The molecule has 0 aliphatic carbocycles. The van der Waals surface area contributed by atoms with Crippen molar-refractivity contribution >= 4 is 33.0 Å². The molecule has 1 aliphatic rings. The molecule has 2 heterocycles. The fourth-order valence-electron chi connectivity index (χ4n) is 1.96. The number of thiazole rings is 1. The minimum Gasteiger partial charge on any atom is -0.303 e. The predicted octanol–water partition coefficient (Wildman–Crippen LogP) is 0.321. The van der Waals surface area contributed by atoms with Gasteiger partial charge in [0, 0.05) is 32.2 Å². The van der Waals surface area contributed by atoms with E-state index in [4.69, 9.17) is 11.6 Å². The van der Waals surface area contributed by atoms with Gasteiger partial charge in [-0.25, -0.2) is 18.1 Å². The van der Waals surface area contributed by atoms with Gasteiger partial charge in [0.05, 0.1) is 6.20 Å². The number of rotatable bonds is 4. The minimum atomic E-state index is -3.50. The second kappa shape index (κ2) is 6.02. The Kier molecular flexibility index (Phi) is 4.80. The molecule has 1 atom stereocenters. The zero-order chi connectivity index (χ0) is 14.0. The molecule has 1 aromatic heterocycles. The average Bonchev–Trinajstić information content (AvgIpc) is 2.78. The predicted molar refractivity (Wildman–Crippen MR) is 76.2 cm³/mol. The van der Waals surface area contributed by atoms with E-state index in [0.717, 1.165) is 31.0 Å². The van der Waals surface area contributed by atoms with Crippen LogP contribution in [0.4, 0.5) is 0 Å². The molecule has 9 heteroatoms. The van der Waals surface area contributed by atoms with E-state index in [9.17, 15) is 8.42 Å². The Morgan fingerprint density at radius 2 is 2.26 bits per heavy atom. The highest BCUT2D eigenvalue weighted by atomic mass is 35.5. The first-order valence-corrected chi connectivity index (χ1v) is 8.56. The second-order valence-corrected chi connectivity index (χ2v) is 8.29. The first kappa shape index (κ1) is 15.1. The Hall–Kier alpha value is -0.250. The third kappa shape index (κ3) is 3.87. The first-order chi connectivity index (χ1) is 8.88. The van der Waals surface area contributed by atoms with Crippen LogP contribution in [0.5, 0.6) is 0 Å². The van der Waals surface area contributed by atoms with Crippen LogP contribution in [0.1, 0.15) is 0 Å². The lowest BCUT2D eigenvalue weighted by molar-refractivity contribution is 0.117. The number of halogens is 1. The standard InChI is InChI=1S/C10H17ClN4O2S2/c1-14-3-4-15(2)8(7-14)5-13-19(16,17)9-6-12-10(11)18-9/h6,8,13H,3-5,7H2,1-2H3. The van der Waals surface area contributed by atoms with Crippen molar-refractivity contribution in [3.8, 4) is 0 Å². The molecule has 0 bridgehead atoms. The van der Waals surface area contributed by atoms with Crippen LogP contribution in [0.15, 0.2) is 10.4 Å². The molecular formula is C10H17ClN4O2S2. The summed E-state index contributed by atoms with van der Waals surface area (Å²) in [6.45, 7) is 3.18. The molecule has 0 saturated carbocycles. The van der Waals surface area contributed by atoms with Crippen LogP contribution >= 0.6 is 22.9 Å². The highest BCUT2D eigenvalue weighted by Gasteiger charge is 2.25. The number of nitrogens with zero attached hydrogens (tertiary/aromatic N) is 3. The topological polar surface area (TPSA) is 65.5 Å². The zero-order valence-electron chi connectivity index (χ0n) is 10.8. The normalized spacial score (nSPS) is 22.8. The summed E-state index contributed by atoms with van der Waals surface area (Å²) < 4.78 is 27.1. The quantitative estimate of drug-likeness (QED) is 0.864. The maximum Gasteiger partial charge on any atom is 0.251 e. The van der Waals surface area contributed by atoms with Gasteiger partial charge in [0.2, 0.25) is 0 Å². The number of sulfonamides is 1. The van der Waals surface area contributed by atoms with E-state index in [2.05, 4.69) is 19.5 Å². The van der Waals surface area contributed by atoms with E-state index in [1.807, 2.05) is 14.1 Å². The van der Waals surface area contributed by atoms with Gasteiger partial charge in [-0.3, -0.25) is 4.90 Å². The largest absolute Gasteiger partial charge is 0.303 e. The van der Waals surface area contributed by atoms with Crippen LogP contribution in [0, 0.1) is 0 Å². The monoisotopic (exact) mass is 324 g/mol. The molecule has 1 N–H and O–H groups in total. The van der Waals surface area contributed by atoms with Crippen molar-refractivity contribution < 1.29 is 8.42 Å². The zero-order valence-corrected chi connectivity index (χ0v) is 13.2. The van der Waals surface area contributed by atoms with Crippen LogP contribution in [-0.2, 0) is 10.0 Å². The Balaban J connectivity index is 1.98. The summed E-state index contributed by atoms with van der Waals surface area (Å²) in [6, 6.07) is 0.178. The Bertz CT molecular complexity index is 533. The molecule has 0 spiro atoms. The summed E-state index contributed by atoms with van der Waals surface area (Å²) in [6.07, 6.45) is 1.28. The molecule has 1 fully saturated rings. The number of hydrogen-bond acceptors (Lipinski definition) is 6. The van der Waals surface area contributed by atoms with E-state index in [1.54, 1.807) is 0 Å². The molecule has 1 saturated heterocycles. The third-order valence-electron chi connectivity index (χ3n) is 3.21. The molecule has 0 amide bonds. The van der Waals surface area contributed by atoms with Crippen LogP contribution in [0.2, 0.25) is 4.47 Å². The van der Waals surface area contributed by atoms with Crippen molar-refractivity contribution in [2.24, 2.45) is 0 Å². The Morgan fingerprint density at radius 1 is 1.53 bits per heavy atom. The Morgan fingerprint density at radius 3 is 2.89 bits per heavy atom. The second-order valence-electron chi connectivity index (χ2n) is 4.68. The molecular weight excluding hydrogens is 308 g/mol. The number of aromatic nitrogens is 1. The van der Waals surface area contributed by atoms with Gasteiger partial charge >= 0.3 is 0 Å². The lowest BCUT2D eigenvalue weighted by atomic mass is 10.2. The summed E-state index contributed by atoms with van der Waals surface area (Å²) in [4.78, 5) is 8.12. The van der Waals surface area contributed by atoms with Gasteiger partial charge in [0.1, 0.15) is 0 Å². The molecule has 0 radical (unpaired) electrons. The maximum absolute atomic E-state index is 12.0. The van der Waals surface area contributed by atoms with Gasteiger partial charge in [-0.2, -0.15) is 0 Å². The number of nitrogens with one attached hydrogen (secondary N) is 1. The van der Waals surface area contributed by atoms with Crippen LogP contribution in [0.25, 0.3) is 0 Å². The molecule has 1 aromatic rings. The van der Waals surface area contributed by atoms with Gasteiger partial charge < -0.3 is 4.90 Å². The summed E-state index contributed by atoms with van der Waals surface area (Å²) >= 11 is 6.62. The summed E-state index contributed by atoms with van der Waals surface area (Å²) in [5.41, 5.74) is 0. The van der Waals surface area contributed by atoms with Gasteiger partial charge in [-0.05, 0) is 14.1 Å². The number of piperazine rings is 1. The smallest absolute Gasteiger partial charge is 0.251 e. The minimum absolute atomic E-state index is 0.157. The van der Waals surface area contributed by atoms with E-state index in [0.29, 0.717) is 6.54 Å². The molecule has 1 unspecified atom stereocenters. The average molecular weight is 325 g/mol. The van der Waals surface area contributed by atoms with Crippen molar-refractivity contribution in [3.05, 3.63) is 10.7 Å². The van der Waals surface area contributed by atoms with Crippen LogP contribution in [0.3, 0.4) is 0 Å². The fourth-order valence-corrected chi connectivity index (χ4v) is 4.37. The van der Waals surface area contributed by atoms with Gasteiger partial charge in [-0.1, -0.05) is 22.9 Å². The van der Waals surface area contributed by atoms with Crippen molar-refractivity contribution in [1.82, 2.24) is 19.5 Å². The van der Waals surface area contributed by atoms with Crippen molar-refractivity contribution in [2.45, 2.75) is 10.3 Å². The third-order valence-corrected chi connectivity index (χ3v) is 6.21. The fraction of sp³-hybridized carbons (Fsp3) is 0.700.